The van der Waals surface area contributed by atoms with Crippen LogP contribution in [0.1, 0.15) is 15.9 Å². The van der Waals surface area contributed by atoms with Gasteiger partial charge in [-0.05, 0) is 42.8 Å². The van der Waals surface area contributed by atoms with Gasteiger partial charge in [-0.3, -0.25) is 4.79 Å². The summed E-state index contributed by atoms with van der Waals surface area (Å²) in [6.07, 6.45) is 1.53. The molecule has 0 unspecified atom stereocenters. The van der Waals surface area contributed by atoms with Gasteiger partial charge in [0.2, 0.25) is 0 Å². The average Bonchev–Trinajstić information content (AvgIpc) is 2.74. The third-order valence-corrected chi connectivity index (χ3v) is 5.06. The van der Waals surface area contributed by atoms with Crippen LogP contribution in [-0.4, -0.2) is 47.0 Å². The molecular weight excluding hydrogens is 355 g/mol. The lowest BCUT2D eigenvalue weighted by Crippen LogP contribution is -2.49. The molecule has 28 heavy (non-hydrogen) atoms. The minimum absolute atomic E-state index is 0.0763. The zero-order valence-electron chi connectivity index (χ0n) is 15.7. The van der Waals surface area contributed by atoms with Crippen LogP contribution in [0.3, 0.4) is 0 Å². The smallest absolute Gasteiger partial charge is 0.254 e. The number of carbonyl (C=O) groups is 1. The summed E-state index contributed by atoms with van der Waals surface area (Å²) in [7, 11) is 0. The number of amides is 1. The van der Waals surface area contributed by atoms with Crippen LogP contribution in [0, 0.1) is 12.7 Å². The largest absolute Gasteiger partial charge is 0.353 e. The summed E-state index contributed by atoms with van der Waals surface area (Å²) >= 11 is 0. The quantitative estimate of drug-likeness (QED) is 0.701. The van der Waals surface area contributed by atoms with Gasteiger partial charge >= 0.3 is 0 Å². The van der Waals surface area contributed by atoms with Gasteiger partial charge in [-0.25, -0.2) is 14.4 Å². The Hall–Kier alpha value is -3.28. The zero-order chi connectivity index (χ0) is 19.5. The van der Waals surface area contributed by atoms with E-state index in [0.29, 0.717) is 26.2 Å². The van der Waals surface area contributed by atoms with E-state index in [1.54, 1.807) is 12.1 Å². The lowest BCUT2D eigenvalue weighted by molar-refractivity contribution is 0.0746. The third-order valence-electron chi connectivity index (χ3n) is 5.06. The van der Waals surface area contributed by atoms with Crippen LogP contribution in [0.25, 0.3) is 11.3 Å². The van der Waals surface area contributed by atoms with E-state index in [-0.39, 0.29) is 11.7 Å². The van der Waals surface area contributed by atoms with Crippen LogP contribution in [0.4, 0.5) is 10.2 Å². The first-order valence-electron chi connectivity index (χ1n) is 9.29. The molecule has 1 fully saturated rings. The molecule has 1 saturated heterocycles. The highest BCUT2D eigenvalue weighted by Crippen LogP contribution is 2.22. The van der Waals surface area contributed by atoms with E-state index in [1.807, 2.05) is 42.2 Å². The number of aryl methyl sites for hydroxylation is 1. The first-order valence-corrected chi connectivity index (χ1v) is 9.29. The molecule has 0 spiro atoms. The summed E-state index contributed by atoms with van der Waals surface area (Å²) in [5.41, 5.74) is 3.35. The number of halogens is 1. The Kier molecular flexibility index (Phi) is 5.02. The van der Waals surface area contributed by atoms with E-state index < -0.39 is 0 Å². The Labute approximate surface area is 163 Å². The minimum atomic E-state index is -0.271. The molecule has 2 aromatic carbocycles. The van der Waals surface area contributed by atoms with Crippen molar-refractivity contribution in [2.45, 2.75) is 6.92 Å². The number of rotatable bonds is 3. The van der Waals surface area contributed by atoms with Gasteiger partial charge in [0, 0.05) is 43.4 Å². The van der Waals surface area contributed by atoms with Crippen molar-refractivity contribution in [2.75, 3.05) is 31.1 Å². The minimum Gasteiger partial charge on any atom is -0.353 e. The van der Waals surface area contributed by atoms with Crippen LogP contribution in [0.2, 0.25) is 0 Å². The molecule has 3 aromatic rings. The Bertz CT molecular complexity index is 982. The first kappa shape index (κ1) is 18.1. The molecule has 0 N–H and O–H groups in total. The van der Waals surface area contributed by atoms with Crippen LogP contribution in [-0.2, 0) is 0 Å². The molecule has 1 aliphatic heterocycles. The highest BCUT2D eigenvalue weighted by molar-refractivity contribution is 5.95. The molecule has 1 aliphatic rings. The molecular formula is C22H21FN4O. The second-order valence-electron chi connectivity index (χ2n) is 6.86. The second kappa shape index (κ2) is 7.76. The third kappa shape index (κ3) is 3.71. The SMILES string of the molecule is Cc1ccccc1C(=O)N1CCN(c2cc(-c3ccc(F)cc3)ncn2)CC1. The predicted octanol–water partition coefficient (Wildman–Crippen LogP) is 3.55. The van der Waals surface area contributed by atoms with E-state index >= 15 is 0 Å². The molecule has 1 aromatic heterocycles. The van der Waals surface area contributed by atoms with Gasteiger partial charge in [0.25, 0.3) is 5.91 Å². The summed E-state index contributed by atoms with van der Waals surface area (Å²) in [5.74, 6) is 0.622. The number of hydrogen-bond acceptors (Lipinski definition) is 4. The topological polar surface area (TPSA) is 49.3 Å². The number of piperazine rings is 1. The highest BCUT2D eigenvalue weighted by atomic mass is 19.1. The summed E-state index contributed by atoms with van der Waals surface area (Å²) in [4.78, 5) is 25.5. The van der Waals surface area contributed by atoms with E-state index in [9.17, 15) is 9.18 Å². The Morgan fingerprint density at radius 1 is 0.964 bits per heavy atom. The number of hydrogen-bond donors (Lipinski definition) is 0. The molecule has 4 rings (SSSR count). The van der Waals surface area contributed by atoms with Gasteiger partial charge in [-0.2, -0.15) is 0 Å². The van der Waals surface area contributed by atoms with E-state index in [1.165, 1.54) is 18.5 Å². The number of nitrogens with zero attached hydrogens (tertiary/aromatic N) is 4. The molecule has 1 amide bonds. The van der Waals surface area contributed by atoms with Gasteiger partial charge in [0.1, 0.15) is 18.0 Å². The summed E-state index contributed by atoms with van der Waals surface area (Å²) in [6, 6.07) is 15.9. The lowest BCUT2D eigenvalue weighted by Gasteiger charge is -2.35. The molecule has 5 nitrogen and oxygen atoms in total. The van der Waals surface area contributed by atoms with Crippen LogP contribution in [0.15, 0.2) is 60.9 Å². The Balaban J connectivity index is 1.45. The van der Waals surface area contributed by atoms with Crippen molar-refractivity contribution in [3.63, 3.8) is 0 Å². The Morgan fingerprint density at radius 2 is 1.68 bits per heavy atom. The Morgan fingerprint density at radius 3 is 2.39 bits per heavy atom. The van der Waals surface area contributed by atoms with Crippen molar-refractivity contribution in [1.82, 2.24) is 14.9 Å². The fourth-order valence-electron chi connectivity index (χ4n) is 3.42. The fraction of sp³-hybridized carbons (Fsp3) is 0.227. The predicted molar refractivity (Wildman–Crippen MR) is 107 cm³/mol. The molecule has 0 atom stereocenters. The first-order chi connectivity index (χ1) is 13.6. The van der Waals surface area contributed by atoms with Crippen molar-refractivity contribution in [2.24, 2.45) is 0 Å². The average molecular weight is 376 g/mol. The maximum Gasteiger partial charge on any atom is 0.254 e. The highest BCUT2D eigenvalue weighted by Gasteiger charge is 2.23. The zero-order valence-corrected chi connectivity index (χ0v) is 15.7. The normalized spacial score (nSPS) is 14.2. The van der Waals surface area contributed by atoms with Crippen LogP contribution in [0.5, 0.6) is 0 Å². The van der Waals surface area contributed by atoms with Crippen molar-refractivity contribution in [3.05, 3.63) is 77.9 Å². The van der Waals surface area contributed by atoms with Gasteiger partial charge in [0.05, 0.1) is 5.69 Å². The summed E-state index contributed by atoms with van der Waals surface area (Å²) in [5, 5.41) is 0. The van der Waals surface area contributed by atoms with Crippen molar-refractivity contribution in [3.8, 4) is 11.3 Å². The van der Waals surface area contributed by atoms with Gasteiger partial charge in [-0.15, -0.1) is 0 Å². The second-order valence-corrected chi connectivity index (χ2v) is 6.86. The fourth-order valence-corrected chi connectivity index (χ4v) is 3.42. The summed E-state index contributed by atoms with van der Waals surface area (Å²) in [6.45, 7) is 4.66. The molecule has 6 heteroatoms. The molecule has 0 aliphatic carbocycles. The lowest BCUT2D eigenvalue weighted by atomic mass is 10.1. The van der Waals surface area contributed by atoms with E-state index in [0.717, 1.165) is 28.2 Å². The molecule has 142 valence electrons. The van der Waals surface area contributed by atoms with E-state index in [4.69, 9.17) is 0 Å². The molecule has 2 heterocycles. The molecule has 0 bridgehead atoms. The van der Waals surface area contributed by atoms with Gasteiger partial charge in [0.15, 0.2) is 0 Å². The maximum atomic E-state index is 13.1. The number of aromatic nitrogens is 2. The van der Waals surface area contributed by atoms with E-state index in [2.05, 4.69) is 14.9 Å². The maximum absolute atomic E-state index is 13.1. The number of anilines is 1. The summed E-state index contributed by atoms with van der Waals surface area (Å²) < 4.78 is 13.1. The molecule has 0 saturated carbocycles. The molecule has 0 radical (unpaired) electrons. The van der Waals surface area contributed by atoms with Crippen LogP contribution >= 0.6 is 0 Å². The standard InChI is InChI=1S/C22H21FN4O/c1-16-4-2-3-5-19(16)22(28)27-12-10-26(11-13-27)21-14-20(24-15-25-21)17-6-8-18(23)9-7-17/h2-9,14-15H,10-13H2,1H3. The number of carbonyl (C=O) groups excluding carboxylic acids is 1. The van der Waals surface area contributed by atoms with Crippen molar-refractivity contribution < 1.29 is 9.18 Å². The number of benzene rings is 2. The van der Waals surface area contributed by atoms with Gasteiger partial charge < -0.3 is 9.80 Å². The van der Waals surface area contributed by atoms with Gasteiger partial charge in [-0.1, -0.05) is 18.2 Å². The van der Waals surface area contributed by atoms with Crippen LogP contribution < -0.4 is 4.90 Å². The van der Waals surface area contributed by atoms with Crippen molar-refractivity contribution in [1.29, 1.82) is 0 Å². The van der Waals surface area contributed by atoms with Crippen molar-refractivity contribution >= 4 is 11.7 Å². The monoisotopic (exact) mass is 376 g/mol.